The highest BCUT2D eigenvalue weighted by Gasteiger charge is 2.11. The zero-order chi connectivity index (χ0) is 16.6. The van der Waals surface area contributed by atoms with Crippen molar-refractivity contribution in [2.75, 3.05) is 31.1 Å². The maximum atomic E-state index is 6.12. The van der Waals surface area contributed by atoms with Crippen LogP contribution in [0.1, 0.15) is 24.0 Å². The second kappa shape index (κ2) is 9.07. The minimum atomic E-state index is 0.623. The van der Waals surface area contributed by atoms with Gasteiger partial charge in [0.2, 0.25) is 0 Å². The summed E-state index contributed by atoms with van der Waals surface area (Å²) < 4.78 is 0. The molecule has 0 atom stereocenters. The van der Waals surface area contributed by atoms with Gasteiger partial charge in [0, 0.05) is 30.3 Å². The van der Waals surface area contributed by atoms with Crippen LogP contribution in [0, 0.1) is 0 Å². The van der Waals surface area contributed by atoms with E-state index >= 15 is 0 Å². The molecule has 2 aromatic carbocycles. The summed E-state index contributed by atoms with van der Waals surface area (Å²) in [5.41, 5.74) is 6.84. The summed E-state index contributed by atoms with van der Waals surface area (Å²) in [7, 11) is 0. The molecular formula is C20H25ClN2O. The lowest BCUT2D eigenvalue weighted by molar-refractivity contribution is 0.0442. The zero-order valence-corrected chi connectivity index (χ0v) is 14.8. The quantitative estimate of drug-likeness (QED) is 0.572. The van der Waals surface area contributed by atoms with Crippen molar-refractivity contribution in [2.24, 2.45) is 0 Å². The lowest BCUT2D eigenvalue weighted by Gasteiger charge is -2.17. The van der Waals surface area contributed by atoms with E-state index in [1.54, 1.807) is 0 Å². The van der Waals surface area contributed by atoms with Crippen molar-refractivity contribution in [2.45, 2.75) is 25.7 Å². The molecule has 3 nitrogen and oxygen atoms in total. The van der Waals surface area contributed by atoms with Crippen molar-refractivity contribution in [3.8, 4) is 0 Å². The summed E-state index contributed by atoms with van der Waals surface area (Å²) in [6, 6.07) is 16.8. The normalized spacial score (nSPS) is 14.3. The molecule has 0 spiro atoms. The monoisotopic (exact) mass is 344 g/mol. The Kier molecular flexibility index (Phi) is 6.53. The Morgan fingerprint density at radius 3 is 2.46 bits per heavy atom. The van der Waals surface area contributed by atoms with Gasteiger partial charge in [-0.2, -0.15) is 0 Å². The van der Waals surface area contributed by atoms with E-state index < -0.39 is 0 Å². The molecule has 0 bridgehead atoms. The summed E-state index contributed by atoms with van der Waals surface area (Å²) >= 11 is 6.12. The molecule has 128 valence electrons. The molecule has 1 N–H and O–H groups in total. The van der Waals surface area contributed by atoms with Crippen LogP contribution in [0.15, 0.2) is 48.5 Å². The predicted octanol–water partition coefficient (Wildman–Crippen LogP) is 4.25. The average molecular weight is 345 g/mol. The second-order valence-corrected chi connectivity index (χ2v) is 6.60. The number of hydrogen-bond acceptors (Lipinski definition) is 3. The van der Waals surface area contributed by atoms with Crippen LogP contribution in [0.4, 0.5) is 5.69 Å². The number of rotatable bonds is 8. The first-order valence-corrected chi connectivity index (χ1v) is 9.13. The first-order valence-electron chi connectivity index (χ1n) is 8.75. The number of hydrogen-bond donors (Lipinski definition) is 1. The molecule has 0 aromatic heterocycles. The first kappa shape index (κ1) is 17.3. The van der Waals surface area contributed by atoms with Crippen LogP contribution in [-0.2, 0) is 17.7 Å². The number of hydroxylamine groups is 1. The Labute approximate surface area is 149 Å². The summed E-state index contributed by atoms with van der Waals surface area (Å²) in [5, 5.41) is 0.805. The highest BCUT2D eigenvalue weighted by atomic mass is 35.5. The number of nitrogens with one attached hydrogen (secondary N) is 1. The van der Waals surface area contributed by atoms with E-state index in [9.17, 15) is 0 Å². The van der Waals surface area contributed by atoms with Gasteiger partial charge in [-0.3, -0.25) is 0 Å². The number of nitrogens with zero attached hydrogens (tertiary/aromatic N) is 1. The van der Waals surface area contributed by atoms with Crippen molar-refractivity contribution < 1.29 is 4.84 Å². The lowest BCUT2D eigenvalue weighted by Crippen LogP contribution is -2.19. The van der Waals surface area contributed by atoms with Gasteiger partial charge in [0.1, 0.15) is 0 Å². The maximum Gasteiger partial charge on any atom is 0.0723 e. The Morgan fingerprint density at radius 1 is 0.958 bits per heavy atom. The molecule has 1 fully saturated rings. The smallest absolute Gasteiger partial charge is 0.0723 e. The molecule has 1 heterocycles. The first-order chi connectivity index (χ1) is 11.8. The van der Waals surface area contributed by atoms with Gasteiger partial charge in [-0.15, -0.1) is 0 Å². The van der Waals surface area contributed by atoms with Crippen molar-refractivity contribution in [1.82, 2.24) is 5.48 Å². The van der Waals surface area contributed by atoms with Crippen LogP contribution in [0.25, 0.3) is 0 Å². The minimum Gasteiger partial charge on any atom is -0.372 e. The number of benzene rings is 2. The summed E-state index contributed by atoms with van der Waals surface area (Å²) in [6.45, 7) is 3.82. The standard InChI is InChI=1S/C20H25ClN2O/c21-20-6-2-1-5-18(20)12-16-24-22-13-11-17-7-9-19(10-8-17)23-14-3-4-15-23/h1-2,5-10,22H,3-4,11-16H2. The predicted molar refractivity (Wildman–Crippen MR) is 101 cm³/mol. The third kappa shape index (κ3) is 4.97. The van der Waals surface area contributed by atoms with E-state index in [0.717, 1.165) is 30.0 Å². The van der Waals surface area contributed by atoms with Crippen LogP contribution < -0.4 is 10.4 Å². The Hall–Kier alpha value is -1.55. The summed E-state index contributed by atoms with van der Waals surface area (Å²) in [6.07, 6.45) is 4.41. The largest absolute Gasteiger partial charge is 0.372 e. The van der Waals surface area contributed by atoms with Gasteiger partial charge in [0.05, 0.1) is 6.61 Å². The van der Waals surface area contributed by atoms with Crippen LogP contribution in [0.5, 0.6) is 0 Å². The molecule has 24 heavy (non-hydrogen) atoms. The van der Waals surface area contributed by atoms with Crippen LogP contribution in [0.2, 0.25) is 5.02 Å². The van der Waals surface area contributed by atoms with Crippen molar-refractivity contribution >= 4 is 17.3 Å². The third-order valence-corrected chi connectivity index (χ3v) is 4.83. The Balaban J connectivity index is 1.32. The Bertz CT molecular complexity index is 624. The number of anilines is 1. The molecule has 0 amide bonds. The fourth-order valence-electron chi connectivity index (χ4n) is 3.05. The van der Waals surface area contributed by atoms with Crippen molar-refractivity contribution in [1.29, 1.82) is 0 Å². The van der Waals surface area contributed by atoms with Crippen LogP contribution in [-0.4, -0.2) is 26.2 Å². The number of halogens is 1. The molecule has 0 unspecified atom stereocenters. The van der Waals surface area contributed by atoms with Gasteiger partial charge in [-0.05, 0) is 55.0 Å². The Morgan fingerprint density at radius 2 is 1.71 bits per heavy atom. The average Bonchev–Trinajstić information content (AvgIpc) is 3.14. The van der Waals surface area contributed by atoms with E-state index in [2.05, 4.69) is 34.6 Å². The van der Waals surface area contributed by atoms with Gasteiger partial charge >= 0.3 is 0 Å². The summed E-state index contributed by atoms with van der Waals surface area (Å²) in [4.78, 5) is 7.96. The summed E-state index contributed by atoms with van der Waals surface area (Å²) in [5.74, 6) is 0. The second-order valence-electron chi connectivity index (χ2n) is 6.19. The minimum absolute atomic E-state index is 0.623. The SMILES string of the molecule is Clc1ccccc1CCONCCc1ccc(N2CCCC2)cc1. The maximum absolute atomic E-state index is 6.12. The molecule has 0 aliphatic carbocycles. The van der Waals surface area contributed by atoms with Gasteiger partial charge < -0.3 is 9.74 Å². The van der Waals surface area contributed by atoms with Crippen LogP contribution >= 0.6 is 11.6 Å². The van der Waals surface area contributed by atoms with E-state index in [0.29, 0.717) is 6.61 Å². The van der Waals surface area contributed by atoms with Crippen molar-refractivity contribution in [3.63, 3.8) is 0 Å². The van der Waals surface area contributed by atoms with E-state index in [1.165, 1.54) is 37.2 Å². The molecule has 4 heteroatoms. The molecule has 2 aromatic rings. The van der Waals surface area contributed by atoms with Crippen LogP contribution in [0.3, 0.4) is 0 Å². The fraction of sp³-hybridized carbons (Fsp3) is 0.400. The topological polar surface area (TPSA) is 24.5 Å². The lowest BCUT2D eigenvalue weighted by atomic mass is 10.1. The zero-order valence-electron chi connectivity index (χ0n) is 14.0. The van der Waals surface area contributed by atoms with E-state index in [4.69, 9.17) is 16.4 Å². The fourth-order valence-corrected chi connectivity index (χ4v) is 3.28. The molecule has 0 saturated carbocycles. The molecule has 3 rings (SSSR count). The third-order valence-electron chi connectivity index (χ3n) is 4.46. The van der Waals surface area contributed by atoms with Gasteiger partial charge in [0.25, 0.3) is 0 Å². The van der Waals surface area contributed by atoms with Gasteiger partial charge in [-0.1, -0.05) is 41.9 Å². The van der Waals surface area contributed by atoms with E-state index in [-0.39, 0.29) is 0 Å². The highest BCUT2D eigenvalue weighted by Crippen LogP contribution is 2.20. The molecule has 1 aliphatic heterocycles. The highest BCUT2D eigenvalue weighted by molar-refractivity contribution is 6.31. The van der Waals surface area contributed by atoms with Gasteiger partial charge in [0.15, 0.2) is 0 Å². The van der Waals surface area contributed by atoms with Crippen molar-refractivity contribution in [3.05, 3.63) is 64.7 Å². The van der Waals surface area contributed by atoms with Gasteiger partial charge in [-0.25, -0.2) is 5.48 Å². The molecule has 0 radical (unpaired) electrons. The molecular weight excluding hydrogens is 320 g/mol. The molecule has 1 aliphatic rings. The van der Waals surface area contributed by atoms with E-state index in [1.807, 2.05) is 24.3 Å². The molecule has 1 saturated heterocycles.